The predicted molar refractivity (Wildman–Crippen MR) is 114 cm³/mol. The van der Waals surface area contributed by atoms with Gasteiger partial charge in [-0.05, 0) is 24.6 Å². The minimum atomic E-state index is -0.353. The fraction of sp³-hybridized carbons (Fsp3) is 0.238. The Morgan fingerprint density at radius 1 is 1.13 bits per heavy atom. The van der Waals surface area contributed by atoms with Gasteiger partial charge in [0.1, 0.15) is 5.82 Å². The molecule has 0 saturated carbocycles. The van der Waals surface area contributed by atoms with Crippen LogP contribution < -0.4 is 10.9 Å². The summed E-state index contributed by atoms with van der Waals surface area (Å²) in [7, 11) is 0. The zero-order chi connectivity index (χ0) is 21.1. The van der Waals surface area contributed by atoms with Crippen molar-refractivity contribution < 1.29 is 9.18 Å². The maximum absolute atomic E-state index is 13.7. The van der Waals surface area contributed by atoms with Crippen LogP contribution >= 0.6 is 11.8 Å². The quantitative estimate of drug-likeness (QED) is 0.461. The van der Waals surface area contributed by atoms with Gasteiger partial charge in [-0.2, -0.15) is 0 Å². The van der Waals surface area contributed by atoms with Crippen LogP contribution in [0.2, 0.25) is 0 Å². The van der Waals surface area contributed by atoms with E-state index in [4.69, 9.17) is 0 Å². The minimum absolute atomic E-state index is 0.0937. The summed E-state index contributed by atoms with van der Waals surface area (Å²) >= 11 is 1.22. The lowest BCUT2D eigenvalue weighted by Crippen LogP contribution is -2.25. The molecule has 0 aliphatic rings. The molecule has 30 heavy (non-hydrogen) atoms. The van der Waals surface area contributed by atoms with Gasteiger partial charge in [-0.3, -0.25) is 18.6 Å². The predicted octanol–water partition coefficient (Wildman–Crippen LogP) is 3.00. The average Bonchev–Trinajstić information content (AvgIpc) is 3.18. The molecule has 0 radical (unpaired) electrons. The second kappa shape index (κ2) is 8.66. The number of nitrogens with one attached hydrogen (secondary N) is 1. The van der Waals surface area contributed by atoms with Gasteiger partial charge in [0.25, 0.3) is 5.56 Å². The molecular weight excluding hydrogens is 405 g/mol. The standard InChI is InChI=1S/C21H20FN5O2S/c1-2-11-26-19(29)15-8-4-6-10-17(15)27-20(26)24-25-21(27)30-13-18(28)23-12-14-7-3-5-9-16(14)22/h3-10H,2,11-13H2,1H3,(H,23,28). The van der Waals surface area contributed by atoms with Crippen molar-refractivity contribution in [3.63, 3.8) is 0 Å². The van der Waals surface area contributed by atoms with E-state index in [9.17, 15) is 14.0 Å². The highest BCUT2D eigenvalue weighted by Gasteiger charge is 2.17. The number of hydrogen-bond donors (Lipinski definition) is 1. The first-order chi connectivity index (χ1) is 14.6. The van der Waals surface area contributed by atoms with Crippen LogP contribution in [0.4, 0.5) is 4.39 Å². The number of aromatic nitrogens is 4. The van der Waals surface area contributed by atoms with Crippen LogP contribution in [0.1, 0.15) is 18.9 Å². The molecule has 4 rings (SSSR count). The number of para-hydroxylation sites is 1. The topological polar surface area (TPSA) is 81.3 Å². The molecule has 2 aromatic heterocycles. The first kappa shape index (κ1) is 20.1. The number of carbonyl (C=O) groups is 1. The SMILES string of the molecule is CCCn1c(=O)c2ccccc2n2c(SCC(=O)NCc3ccccc3F)nnc12. The number of amides is 1. The van der Waals surface area contributed by atoms with Crippen LogP contribution in [0.15, 0.2) is 58.5 Å². The van der Waals surface area contributed by atoms with E-state index in [0.29, 0.717) is 33.9 Å². The summed E-state index contributed by atoms with van der Waals surface area (Å²) < 4.78 is 17.1. The van der Waals surface area contributed by atoms with Crippen LogP contribution in [0.5, 0.6) is 0 Å². The molecule has 4 aromatic rings. The molecule has 1 N–H and O–H groups in total. The number of carbonyl (C=O) groups excluding carboxylic acids is 1. The van der Waals surface area contributed by atoms with E-state index in [1.807, 2.05) is 25.1 Å². The number of nitrogens with zero attached hydrogens (tertiary/aromatic N) is 4. The van der Waals surface area contributed by atoms with Gasteiger partial charge in [0, 0.05) is 18.7 Å². The molecule has 0 bridgehead atoms. The monoisotopic (exact) mass is 425 g/mol. The summed E-state index contributed by atoms with van der Waals surface area (Å²) in [6.45, 7) is 2.63. The maximum atomic E-state index is 13.7. The summed E-state index contributed by atoms with van der Waals surface area (Å²) in [4.78, 5) is 25.1. The second-order valence-corrected chi connectivity index (χ2v) is 7.69. The summed E-state index contributed by atoms with van der Waals surface area (Å²) in [5.74, 6) is -0.0495. The lowest BCUT2D eigenvalue weighted by molar-refractivity contribution is -0.118. The number of aryl methyl sites for hydroxylation is 1. The molecule has 9 heteroatoms. The highest BCUT2D eigenvalue weighted by molar-refractivity contribution is 7.99. The number of thioether (sulfide) groups is 1. The molecule has 0 aliphatic carbocycles. The summed E-state index contributed by atoms with van der Waals surface area (Å²) in [6.07, 6.45) is 0.779. The van der Waals surface area contributed by atoms with Crippen LogP contribution in [0.25, 0.3) is 16.7 Å². The molecule has 0 atom stereocenters. The third kappa shape index (κ3) is 3.80. The van der Waals surface area contributed by atoms with Gasteiger partial charge in [0.05, 0.1) is 16.7 Å². The zero-order valence-corrected chi connectivity index (χ0v) is 17.2. The Bertz CT molecular complexity index is 1280. The lowest BCUT2D eigenvalue weighted by atomic mass is 10.2. The van der Waals surface area contributed by atoms with Crippen LogP contribution in [0.3, 0.4) is 0 Å². The smallest absolute Gasteiger partial charge is 0.262 e. The Morgan fingerprint density at radius 2 is 1.90 bits per heavy atom. The van der Waals surface area contributed by atoms with E-state index in [2.05, 4.69) is 15.5 Å². The van der Waals surface area contributed by atoms with Gasteiger partial charge in [-0.25, -0.2) is 4.39 Å². The normalized spacial score (nSPS) is 11.3. The van der Waals surface area contributed by atoms with E-state index >= 15 is 0 Å². The Morgan fingerprint density at radius 3 is 2.70 bits per heavy atom. The van der Waals surface area contributed by atoms with Gasteiger partial charge >= 0.3 is 0 Å². The van der Waals surface area contributed by atoms with E-state index in [0.717, 1.165) is 6.42 Å². The number of benzene rings is 2. The number of fused-ring (bicyclic) bond motifs is 3. The van der Waals surface area contributed by atoms with Crippen molar-refractivity contribution in [1.29, 1.82) is 0 Å². The zero-order valence-electron chi connectivity index (χ0n) is 16.3. The number of halogens is 1. The highest BCUT2D eigenvalue weighted by atomic mass is 32.2. The molecule has 1 amide bonds. The first-order valence-electron chi connectivity index (χ1n) is 9.59. The van der Waals surface area contributed by atoms with Gasteiger partial charge in [-0.1, -0.05) is 49.0 Å². The van der Waals surface area contributed by atoms with Crippen molar-refractivity contribution in [2.45, 2.75) is 31.6 Å². The molecule has 154 valence electrons. The van der Waals surface area contributed by atoms with Crippen molar-refractivity contribution in [1.82, 2.24) is 24.5 Å². The molecule has 0 fully saturated rings. The largest absolute Gasteiger partial charge is 0.351 e. The van der Waals surface area contributed by atoms with Crippen molar-refractivity contribution in [3.8, 4) is 0 Å². The fourth-order valence-corrected chi connectivity index (χ4v) is 4.04. The highest BCUT2D eigenvalue weighted by Crippen LogP contribution is 2.21. The van der Waals surface area contributed by atoms with Gasteiger partial charge in [0.2, 0.25) is 11.7 Å². The van der Waals surface area contributed by atoms with Crippen LogP contribution in [0, 0.1) is 5.82 Å². The Kier molecular flexibility index (Phi) is 5.80. The molecule has 2 heterocycles. The summed E-state index contributed by atoms with van der Waals surface area (Å²) in [5.41, 5.74) is 1.02. The summed E-state index contributed by atoms with van der Waals surface area (Å²) in [5, 5.41) is 12.2. The maximum Gasteiger partial charge on any atom is 0.262 e. The van der Waals surface area contributed by atoms with E-state index in [1.54, 1.807) is 33.2 Å². The van der Waals surface area contributed by atoms with Gasteiger partial charge < -0.3 is 5.32 Å². The minimum Gasteiger partial charge on any atom is -0.351 e. The molecule has 7 nitrogen and oxygen atoms in total. The molecule has 0 aliphatic heterocycles. The number of hydrogen-bond acceptors (Lipinski definition) is 5. The Labute approximate surface area is 175 Å². The van der Waals surface area contributed by atoms with Gasteiger partial charge in [-0.15, -0.1) is 10.2 Å². The molecule has 0 spiro atoms. The van der Waals surface area contributed by atoms with Crippen molar-refractivity contribution >= 4 is 34.3 Å². The summed E-state index contributed by atoms with van der Waals surface area (Å²) in [6, 6.07) is 13.6. The second-order valence-electron chi connectivity index (χ2n) is 6.75. The molecular formula is C21H20FN5O2S. The molecule has 0 unspecified atom stereocenters. The third-order valence-corrected chi connectivity index (χ3v) is 5.62. The van der Waals surface area contributed by atoms with E-state index in [1.165, 1.54) is 17.8 Å². The first-order valence-corrected chi connectivity index (χ1v) is 10.6. The fourth-order valence-electron chi connectivity index (χ4n) is 3.27. The van der Waals surface area contributed by atoms with E-state index in [-0.39, 0.29) is 29.6 Å². The Hall–Kier alpha value is -3.20. The van der Waals surface area contributed by atoms with E-state index < -0.39 is 0 Å². The van der Waals surface area contributed by atoms with Crippen molar-refractivity contribution in [3.05, 3.63) is 70.3 Å². The average molecular weight is 425 g/mol. The number of rotatable bonds is 7. The van der Waals surface area contributed by atoms with Crippen molar-refractivity contribution in [2.75, 3.05) is 5.75 Å². The molecule has 0 saturated heterocycles. The third-order valence-electron chi connectivity index (χ3n) is 4.69. The van der Waals surface area contributed by atoms with Crippen LogP contribution in [-0.4, -0.2) is 30.8 Å². The lowest BCUT2D eigenvalue weighted by Gasteiger charge is -2.10. The molecule has 2 aromatic carbocycles. The van der Waals surface area contributed by atoms with Gasteiger partial charge in [0.15, 0.2) is 5.16 Å². The van der Waals surface area contributed by atoms with Crippen molar-refractivity contribution in [2.24, 2.45) is 0 Å². The Balaban J connectivity index is 1.58. The van der Waals surface area contributed by atoms with Crippen LogP contribution in [-0.2, 0) is 17.9 Å².